The topological polar surface area (TPSA) is 38.3 Å². The van der Waals surface area contributed by atoms with E-state index in [4.69, 9.17) is 4.74 Å². The largest absolute Gasteiger partial charge is 0.489 e. The van der Waals surface area contributed by atoms with Crippen molar-refractivity contribution in [1.82, 2.24) is 0 Å². The number of hydrogen-bond donors (Lipinski definition) is 1. The highest BCUT2D eigenvalue weighted by Crippen LogP contribution is 2.18. The molecule has 4 heteroatoms. The maximum absolute atomic E-state index is 12.1. The van der Waals surface area contributed by atoms with Crippen LogP contribution in [0.2, 0.25) is 0 Å². The quantitative estimate of drug-likeness (QED) is 0.402. The molecule has 0 heterocycles. The molecule has 0 unspecified atom stereocenters. The van der Waals surface area contributed by atoms with Crippen molar-refractivity contribution >= 4 is 33.6 Å². The second-order valence-electron chi connectivity index (χ2n) is 7.08. The van der Waals surface area contributed by atoms with Gasteiger partial charge in [-0.15, -0.1) is 0 Å². The number of nitrogens with one attached hydrogen (secondary N) is 1. The summed E-state index contributed by atoms with van der Waals surface area (Å²) < 4.78 is 6.85. The van der Waals surface area contributed by atoms with Crippen LogP contribution in [0.25, 0.3) is 6.08 Å². The van der Waals surface area contributed by atoms with Gasteiger partial charge in [0.05, 0.1) is 0 Å². The smallest absolute Gasteiger partial charge is 0.248 e. The van der Waals surface area contributed by atoms with Crippen LogP contribution >= 0.6 is 15.9 Å². The molecule has 0 saturated heterocycles. The van der Waals surface area contributed by atoms with Crippen molar-refractivity contribution in [3.8, 4) is 5.75 Å². The van der Waals surface area contributed by atoms with Gasteiger partial charge in [-0.25, -0.2) is 0 Å². The van der Waals surface area contributed by atoms with Gasteiger partial charge in [-0.1, -0.05) is 66.2 Å². The average Bonchev–Trinajstić information content (AvgIpc) is 2.73. The summed E-state index contributed by atoms with van der Waals surface area (Å²) in [6.07, 6.45) is 3.32. The van der Waals surface area contributed by atoms with Crippen molar-refractivity contribution in [2.45, 2.75) is 26.4 Å². The Kier molecular flexibility index (Phi) is 7.25. The standard InChI is InChI=1S/C25H24BrNO2/c1-18(2)21-8-12-23(13-9-21)27-25(28)16-7-19-5-14-24(15-6-19)29-17-20-3-10-22(26)11-4-20/h3-16,18H,17H2,1-2H3,(H,27,28)/b16-7+. The predicted molar refractivity (Wildman–Crippen MR) is 123 cm³/mol. The first-order chi connectivity index (χ1) is 14.0. The van der Waals surface area contributed by atoms with Gasteiger partial charge in [0.15, 0.2) is 0 Å². The zero-order valence-corrected chi connectivity index (χ0v) is 18.1. The zero-order valence-electron chi connectivity index (χ0n) is 16.6. The van der Waals surface area contributed by atoms with E-state index in [-0.39, 0.29) is 5.91 Å². The fourth-order valence-corrected chi connectivity index (χ4v) is 2.99. The molecule has 0 aromatic heterocycles. The van der Waals surface area contributed by atoms with E-state index in [9.17, 15) is 4.79 Å². The van der Waals surface area contributed by atoms with E-state index >= 15 is 0 Å². The maximum Gasteiger partial charge on any atom is 0.248 e. The van der Waals surface area contributed by atoms with Crippen molar-refractivity contribution in [3.05, 3.63) is 100 Å². The molecule has 0 aliphatic carbocycles. The Bertz CT molecular complexity index is 959. The van der Waals surface area contributed by atoms with Gasteiger partial charge in [0.2, 0.25) is 5.91 Å². The first-order valence-corrected chi connectivity index (χ1v) is 10.4. The molecule has 0 spiro atoms. The van der Waals surface area contributed by atoms with Crippen molar-refractivity contribution in [1.29, 1.82) is 0 Å². The number of rotatable bonds is 7. The minimum absolute atomic E-state index is 0.155. The van der Waals surface area contributed by atoms with E-state index in [1.54, 1.807) is 6.08 Å². The lowest BCUT2D eigenvalue weighted by Crippen LogP contribution is -2.07. The Morgan fingerprint density at radius 2 is 1.62 bits per heavy atom. The number of amides is 1. The number of benzene rings is 3. The summed E-state index contributed by atoms with van der Waals surface area (Å²) in [6.45, 7) is 4.81. The molecule has 0 radical (unpaired) electrons. The predicted octanol–water partition coefficient (Wildman–Crippen LogP) is 6.80. The number of ether oxygens (including phenoxy) is 1. The van der Waals surface area contributed by atoms with Crippen LogP contribution in [-0.2, 0) is 11.4 Å². The monoisotopic (exact) mass is 449 g/mol. The summed E-state index contributed by atoms with van der Waals surface area (Å²) in [4.78, 5) is 12.1. The van der Waals surface area contributed by atoms with Crippen LogP contribution in [0.4, 0.5) is 5.69 Å². The van der Waals surface area contributed by atoms with Gasteiger partial charge in [0.25, 0.3) is 0 Å². The molecule has 0 saturated carbocycles. The van der Waals surface area contributed by atoms with Crippen LogP contribution in [-0.4, -0.2) is 5.91 Å². The molecule has 3 aromatic carbocycles. The third-order valence-corrected chi connectivity index (χ3v) is 5.00. The molecular formula is C25H24BrNO2. The molecule has 0 atom stereocenters. The molecule has 0 bridgehead atoms. The number of hydrogen-bond acceptors (Lipinski definition) is 2. The summed E-state index contributed by atoms with van der Waals surface area (Å²) in [6, 6.07) is 23.6. The van der Waals surface area contributed by atoms with Crippen LogP contribution in [0.1, 0.15) is 36.5 Å². The van der Waals surface area contributed by atoms with Crippen LogP contribution in [0, 0.1) is 0 Å². The molecule has 148 valence electrons. The molecule has 3 nitrogen and oxygen atoms in total. The lowest BCUT2D eigenvalue weighted by atomic mass is 10.0. The summed E-state index contributed by atoms with van der Waals surface area (Å²) in [5.74, 6) is 1.11. The highest BCUT2D eigenvalue weighted by Gasteiger charge is 2.01. The number of carbonyl (C=O) groups excluding carboxylic acids is 1. The average molecular weight is 450 g/mol. The van der Waals surface area contributed by atoms with E-state index in [1.165, 1.54) is 11.6 Å². The third kappa shape index (κ3) is 6.61. The number of halogens is 1. The van der Waals surface area contributed by atoms with Crippen molar-refractivity contribution < 1.29 is 9.53 Å². The lowest BCUT2D eigenvalue weighted by molar-refractivity contribution is -0.111. The molecule has 1 amide bonds. The molecule has 0 aliphatic rings. The van der Waals surface area contributed by atoms with E-state index in [0.717, 1.165) is 27.0 Å². The minimum Gasteiger partial charge on any atom is -0.489 e. The second kappa shape index (κ2) is 10.1. The molecule has 0 aliphatic heterocycles. The van der Waals surface area contributed by atoms with Gasteiger partial charge in [-0.2, -0.15) is 0 Å². The summed E-state index contributed by atoms with van der Waals surface area (Å²) >= 11 is 3.42. The normalized spacial score (nSPS) is 11.0. The Balaban J connectivity index is 1.51. The van der Waals surface area contributed by atoms with Gasteiger partial charge in [0.1, 0.15) is 12.4 Å². The molecule has 1 N–H and O–H groups in total. The molecular weight excluding hydrogens is 426 g/mol. The first kappa shape index (κ1) is 20.9. The van der Waals surface area contributed by atoms with Gasteiger partial charge in [0, 0.05) is 16.2 Å². The second-order valence-corrected chi connectivity index (χ2v) is 8.00. The lowest BCUT2D eigenvalue weighted by Gasteiger charge is -2.07. The number of carbonyl (C=O) groups is 1. The summed E-state index contributed by atoms with van der Waals surface area (Å²) in [5.41, 5.74) is 4.09. The van der Waals surface area contributed by atoms with Crippen molar-refractivity contribution in [2.24, 2.45) is 0 Å². The van der Waals surface area contributed by atoms with Gasteiger partial charge >= 0.3 is 0 Å². The highest BCUT2D eigenvalue weighted by molar-refractivity contribution is 9.10. The molecule has 3 aromatic rings. The van der Waals surface area contributed by atoms with Gasteiger partial charge in [-0.05, 0) is 65.1 Å². The third-order valence-electron chi connectivity index (χ3n) is 4.47. The van der Waals surface area contributed by atoms with Crippen LogP contribution in [0.15, 0.2) is 83.3 Å². The minimum atomic E-state index is -0.155. The van der Waals surface area contributed by atoms with Crippen LogP contribution in [0.3, 0.4) is 0 Å². The Labute approximate surface area is 180 Å². The zero-order chi connectivity index (χ0) is 20.6. The van der Waals surface area contributed by atoms with E-state index in [0.29, 0.717) is 12.5 Å². The van der Waals surface area contributed by atoms with Gasteiger partial charge < -0.3 is 10.1 Å². The SMILES string of the molecule is CC(C)c1ccc(NC(=O)/C=C/c2ccc(OCc3ccc(Br)cc3)cc2)cc1. The molecule has 3 rings (SSSR count). The van der Waals surface area contributed by atoms with Crippen LogP contribution < -0.4 is 10.1 Å². The van der Waals surface area contributed by atoms with E-state index in [2.05, 4.69) is 35.1 Å². The number of anilines is 1. The Hall–Kier alpha value is -2.85. The van der Waals surface area contributed by atoms with Crippen molar-refractivity contribution in [2.75, 3.05) is 5.32 Å². The van der Waals surface area contributed by atoms with Crippen molar-refractivity contribution in [3.63, 3.8) is 0 Å². The fraction of sp³-hybridized carbons (Fsp3) is 0.160. The maximum atomic E-state index is 12.1. The molecule has 0 fully saturated rings. The summed E-state index contributed by atoms with van der Waals surface area (Å²) in [7, 11) is 0. The first-order valence-electron chi connectivity index (χ1n) is 9.56. The van der Waals surface area contributed by atoms with E-state index in [1.807, 2.05) is 72.8 Å². The summed E-state index contributed by atoms with van der Waals surface area (Å²) in [5, 5.41) is 2.88. The van der Waals surface area contributed by atoms with Gasteiger partial charge in [-0.3, -0.25) is 4.79 Å². The van der Waals surface area contributed by atoms with Crippen LogP contribution in [0.5, 0.6) is 5.75 Å². The Morgan fingerprint density at radius 3 is 2.24 bits per heavy atom. The van der Waals surface area contributed by atoms with E-state index < -0.39 is 0 Å². The highest BCUT2D eigenvalue weighted by atomic mass is 79.9. The Morgan fingerprint density at radius 1 is 0.966 bits per heavy atom. The fourth-order valence-electron chi connectivity index (χ4n) is 2.73. The molecule has 29 heavy (non-hydrogen) atoms.